The number of fused-ring (bicyclic) bond motifs is 1. The summed E-state index contributed by atoms with van der Waals surface area (Å²) >= 11 is 0. The van der Waals surface area contributed by atoms with E-state index >= 15 is 0 Å². The molecule has 0 spiro atoms. The molecule has 3 N–H and O–H groups in total. The zero-order valence-electron chi connectivity index (χ0n) is 14.6. The fourth-order valence-electron chi connectivity index (χ4n) is 2.95. The lowest BCUT2D eigenvalue weighted by Crippen LogP contribution is -2.01. The maximum atomic E-state index is 6.17. The highest BCUT2D eigenvalue weighted by molar-refractivity contribution is 5.98. The molecule has 4 rings (SSSR count). The molecule has 6 heteroatoms. The molecule has 0 saturated heterocycles. The number of methoxy groups -OCH3 is 1. The van der Waals surface area contributed by atoms with Gasteiger partial charge in [-0.1, -0.05) is 24.3 Å². The maximum Gasteiger partial charge on any atom is 0.161 e. The Bertz CT molecular complexity index is 1090. The van der Waals surface area contributed by atoms with Crippen LogP contribution in [0.2, 0.25) is 0 Å². The van der Waals surface area contributed by atoms with E-state index in [1.165, 1.54) is 0 Å². The SMILES string of the molecule is COc1cccc(-n2nc(Nc3ccccc3C)c3ccnc(N)c32)c1. The number of hydrogen-bond acceptors (Lipinski definition) is 5. The highest BCUT2D eigenvalue weighted by Gasteiger charge is 2.16. The van der Waals surface area contributed by atoms with Crippen molar-refractivity contribution in [2.24, 2.45) is 0 Å². The largest absolute Gasteiger partial charge is 0.497 e. The summed E-state index contributed by atoms with van der Waals surface area (Å²) in [5.41, 5.74) is 9.92. The average Bonchev–Trinajstić information content (AvgIpc) is 3.04. The molecule has 26 heavy (non-hydrogen) atoms. The van der Waals surface area contributed by atoms with Crippen LogP contribution in [0.4, 0.5) is 17.3 Å². The van der Waals surface area contributed by atoms with Gasteiger partial charge in [0, 0.05) is 18.0 Å². The molecule has 0 amide bonds. The summed E-state index contributed by atoms with van der Waals surface area (Å²) in [6, 6.07) is 17.7. The quantitative estimate of drug-likeness (QED) is 0.583. The van der Waals surface area contributed by atoms with Crippen LogP contribution in [0.25, 0.3) is 16.6 Å². The Hall–Kier alpha value is -3.54. The molecule has 2 aromatic heterocycles. The maximum absolute atomic E-state index is 6.17. The van der Waals surface area contributed by atoms with E-state index in [0.29, 0.717) is 5.82 Å². The molecule has 2 aromatic carbocycles. The summed E-state index contributed by atoms with van der Waals surface area (Å²) in [4.78, 5) is 4.23. The highest BCUT2D eigenvalue weighted by Crippen LogP contribution is 2.32. The Labute approximate surface area is 151 Å². The van der Waals surface area contributed by atoms with Crippen LogP contribution in [0.1, 0.15) is 5.56 Å². The van der Waals surface area contributed by atoms with Crippen molar-refractivity contribution < 1.29 is 4.74 Å². The summed E-state index contributed by atoms with van der Waals surface area (Å²) in [6.07, 6.45) is 1.69. The number of nitrogen functional groups attached to an aromatic ring is 1. The Morgan fingerprint density at radius 3 is 2.73 bits per heavy atom. The monoisotopic (exact) mass is 345 g/mol. The lowest BCUT2D eigenvalue weighted by Gasteiger charge is -2.07. The number of nitrogens with two attached hydrogens (primary N) is 1. The van der Waals surface area contributed by atoms with E-state index in [-0.39, 0.29) is 0 Å². The zero-order valence-corrected chi connectivity index (χ0v) is 14.6. The van der Waals surface area contributed by atoms with Gasteiger partial charge in [-0.25, -0.2) is 9.67 Å². The minimum Gasteiger partial charge on any atom is -0.497 e. The summed E-state index contributed by atoms with van der Waals surface area (Å²) in [5, 5.41) is 9.08. The Morgan fingerprint density at radius 2 is 1.92 bits per heavy atom. The van der Waals surface area contributed by atoms with Crippen LogP contribution in [0.15, 0.2) is 60.8 Å². The van der Waals surface area contributed by atoms with Gasteiger partial charge in [0.05, 0.1) is 18.2 Å². The van der Waals surface area contributed by atoms with Gasteiger partial charge in [-0.2, -0.15) is 0 Å². The van der Waals surface area contributed by atoms with Crippen LogP contribution in [-0.2, 0) is 0 Å². The van der Waals surface area contributed by atoms with E-state index in [4.69, 9.17) is 15.6 Å². The first kappa shape index (κ1) is 16.0. The van der Waals surface area contributed by atoms with Crippen molar-refractivity contribution in [2.75, 3.05) is 18.2 Å². The van der Waals surface area contributed by atoms with Gasteiger partial charge in [0.15, 0.2) is 5.82 Å². The third-order valence-electron chi connectivity index (χ3n) is 4.32. The molecule has 0 unspecified atom stereocenters. The third-order valence-corrected chi connectivity index (χ3v) is 4.32. The number of rotatable bonds is 4. The number of nitrogens with one attached hydrogen (secondary N) is 1. The van der Waals surface area contributed by atoms with Gasteiger partial charge in [0.25, 0.3) is 0 Å². The van der Waals surface area contributed by atoms with E-state index in [0.717, 1.165) is 39.4 Å². The van der Waals surface area contributed by atoms with Crippen molar-refractivity contribution in [2.45, 2.75) is 6.92 Å². The first-order chi connectivity index (χ1) is 12.7. The van der Waals surface area contributed by atoms with Crippen LogP contribution in [0.5, 0.6) is 5.75 Å². The molecule has 2 heterocycles. The van der Waals surface area contributed by atoms with Gasteiger partial charge in [-0.3, -0.25) is 0 Å². The Balaban J connectivity index is 1.90. The fourth-order valence-corrected chi connectivity index (χ4v) is 2.95. The molecule has 0 aliphatic carbocycles. The van der Waals surface area contributed by atoms with Gasteiger partial charge in [0.2, 0.25) is 0 Å². The van der Waals surface area contributed by atoms with Crippen molar-refractivity contribution in [3.05, 3.63) is 66.4 Å². The molecule has 0 radical (unpaired) electrons. The minimum atomic E-state index is 0.427. The molecule has 0 bridgehead atoms. The minimum absolute atomic E-state index is 0.427. The molecule has 130 valence electrons. The van der Waals surface area contributed by atoms with Gasteiger partial charge in [0.1, 0.15) is 17.1 Å². The number of para-hydroxylation sites is 1. The summed E-state index contributed by atoms with van der Waals surface area (Å²) < 4.78 is 7.13. The Morgan fingerprint density at radius 1 is 1.08 bits per heavy atom. The van der Waals surface area contributed by atoms with Gasteiger partial charge in [-0.05, 0) is 36.8 Å². The highest BCUT2D eigenvalue weighted by atomic mass is 16.5. The molecule has 4 aromatic rings. The zero-order chi connectivity index (χ0) is 18.1. The van der Waals surface area contributed by atoms with E-state index < -0.39 is 0 Å². The van der Waals surface area contributed by atoms with E-state index in [2.05, 4.69) is 23.3 Å². The van der Waals surface area contributed by atoms with Gasteiger partial charge in [-0.15, -0.1) is 5.10 Å². The number of pyridine rings is 1. The molecule has 0 atom stereocenters. The number of nitrogens with zero attached hydrogens (tertiary/aromatic N) is 3. The average molecular weight is 345 g/mol. The van der Waals surface area contributed by atoms with E-state index in [1.807, 2.05) is 48.5 Å². The van der Waals surface area contributed by atoms with E-state index in [9.17, 15) is 0 Å². The van der Waals surface area contributed by atoms with Crippen molar-refractivity contribution in [1.82, 2.24) is 14.8 Å². The second kappa shape index (κ2) is 6.40. The van der Waals surface area contributed by atoms with Crippen molar-refractivity contribution >= 4 is 28.2 Å². The predicted octanol–water partition coefficient (Wildman–Crippen LogP) is 4.06. The molecule has 0 aliphatic heterocycles. The van der Waals surface area contributed by atoms with Crippen molar-refractivity contribution in [3.8, 4) is 11.4 Å². The lowest BCUT2D eigenvalue weighted by molar-refractivity contribution is 0.414. The van der Waals surface area contributed by atoms with Crippen molar-refractivity contribution in [1.29, 1.82) is 0 Å². The van der Waals surface area contributed by atoms with E-state index in [1.54, 1.807) is 18.0 Å². The van der Waals surface area contributed by atoms with Crippen LogP contribution in [0, 0.1) is 6.92 Å². The molecule has 6 nitrogen and oxygen atoms in total. The fraction of sp³-hybridized carbons (Fsp3) is 0.100. The topological polar surface area (TPSA) is 78.0 Å². The molecule has 0 saturated carbocycles. The predicted molar refractivity (Wildman–Crippen MR) is 104 cm³/mol. The number of ether oxygens (including phenoxy) is 1. The number of aromatic nitrogens is 3. The van der Waals surface area contributed by atoms with Crippen LogP contribution in [0.3, 0.4) is 0 Å². The number of aryl methyl sites for hydroxylation is 1. The second-order valence-electron chi connectivity index (χ2n) is 5.99. The Kier molecular flexibility index (Phi) is 3.93. The molecule has 0 fully saturated rings. The smallest absolute Gasteiger partial charge is 0.161 e. The lowest BCUT2D eigenvalue weighted by atomic mass is 10.2. The van der Waals surface area contributed by atoms with Gasteiger partial charge >= 0.3 is 0 Å². The van der Waals surface area contributed by atoms with Crippen LogP contribution in [-0.4, -0.2) is 21.9 Å². The van der Waals surface area contributed by atoms with Crippen molar-refractivity contribution in [3.63, 3.8) is 0 Å². The van der Waals surface area contributed by atoms with Crippen LogP contribution < -0.4 is 15.8 Å². The normalized spacial score (nSPS) is 10.8. The number of hydrogen-bond donors (Lipinski definition) is 2. The number of benzene rings is 2. The standard InChI is InChI=1S/C20H19N5O/c1-13-6-3-4-9-17(13)23-20-16-10-11-22-19(21)18(16)25(24-20)14-7-5-8-15(12-14)26-2/h3-12H,1-2H3,(H2,21,22)(H,23,24). The molecule has 0 aliphatic rings. The first-order valence-electron chi connectivity index (χ1n) is 8.27. The first-order valence-corrected chi connectivity index (χ1v) is 8.27. The molecular formula is C20H19N5O. The summed E-state index contributed by atoms with van der Waals surface area (Å²) in [5.74, 6) is 1.91. The molecular weight excluding hydrogens is 326 g/mol. The van der Waals surface area contributed by atoms with Gasteiger partial charge < -0.3 is 15.8 Å². The van der Waals surface area contributed by atoms with Crippen LogP contribution >= 0.6 is 0 Å². The summed E-state index contributed by atoms with van der Waals surface area (Å²) in [6.45, 7) is 2.06. The number of anilines is 3. The third kappa shape index (κ3) is 2.71. The summed E-state index contributed by atoms with van der Waals surface area (Å²) in [7, 11) is 1.64. The second-order valence-corrected chi connectivity index (χ2v) is 5.99.